The molecule has 0 N–H and O–H groups in total. The number of nitrogens with zero attached hydrogens (tertiary/aromatic N) is 1. The van der Waals surface area contributed by atoms with Crippen LogP contribution in [-0.2, 0) is 6.42 Å². The molecule has 1 aromatic heterocycles. The first kappa shape index (κ1) is 10.4. The van der Waals surface area contributed by atoms with E-state index in [1.54, 1.807) is 0 Å². The van der Waals surface area contributed by atoms with Crippen molar-refractivity contribution in [3.8, 4) is 0 Å². The Balaban J connectivity index is 2.78. The molecule has 71 valence electrons. The quantitative estimate of drug-likeness (QED) is 0.690. The second-order valence-corrected chi connectivity index (χ2v) is 3.46. The molecule has 1 aromatic rings. The molecule has 0 bridgehead atoms. The minimum Gasteiger partial charge on any atom is -0.253 e. The van der Waals surface area contributed by atoms with Crippen molar-refractivity contribution in [3.05, 3.63) is 24.0 Å². The molecule has 0 atom stereocenters. The Morgan fingerprint density at radius 1 is 1.54 bits per heavy atom. The Kier molecular flexibility index (Phi) is 3.19. The lowest BCUT2D eigenvalue weighted by Gasteiger charge is -2.04. The Bertz CT molecular complexity index is 285. The van der Waals surface area contributed by atoms with Crippen molar-refractivity contribution >= 4 is 11.8 Å². The molecule has 1 heterocycles. The Morgan fingerprint density at radius 3 is 2.77 bits per heavy atom. The van der Waals surface area contributed by atoms with Crippen LogP contribution in [0.2, 0.25) is 0 Å². The van der Waals surface area contributed by atoms with Gasteiger partial charge in [-0.05, 0) is 29.8 Å². The SMILES string of the molecule is CCc1cn[c]c(SC(F)(F)F)c1. The summed E-state index contributed by atoms with van der Waals surface area (Å²) in [4.78, 5) is 3.61. The molecule has 0 aliphatic carbocycles. The number of alkyl halides is 3. The highest BCUT2D eigenvalue weighted by Crippen LogP contribution is 2.36. The summed E-state index contributed by atoms with van der Waals surface area (Å²) >= 11 is -0.188. The maximum absolute atomic E-state index is 11.9. The van der Waals surface area contributed by atoms with E-state index in [0.29, 0.717) is 6.42 Å². The number of hydrogen-bond acceptors (Lipinski definition) is 2. The van der Waals surface area contributed by atoms with E-state index >= 15 is 0 Å². The van der Waals surface area contributed by atoms with E-state index in [4.69, 9.17) is 0 Å². The average molecular weight is 206 g/mol. The van der Waals surface area contributed by atoms with Crippen molar-refractivity contribution in [2.24, 2.45) is 0 Å². The van der Waals surface area contributed by atoms with E-state index in [2.05, 4.69) is 11.2 Å². The fourth-order valence-corrected chi connectivity index (χ4v) is 1.35. The molecule has 0 aliphatic heterocycles. The highest BCUT2D eigenvalue weighted by atomic mass is 32.2. The summed E-state index contributed by atoms with van der Waals surface area (Å²) in [7, 11) is 0. The van der Waals surface area contributed by atoms with Crippen molar-refractivity contribution in [3.63, 3.8) is 0 Å². The maximum atomic E-state index is 11.9. The minimum atomic E-state index is -4.26. The van der Waals surface area contributed by atoms with Gasteiger partial charge in [-0.25, -0.2) is 0 Å². The lowest BCUT2D eigenvalue weighted by molar-refractivity contribution is -0.0328. The number of halogens is 3. The zero-order valence-corrected chi connectivity index (χ0v) is 7.67. The third kappa shape index (κ3) is 3.67. The molecule has 1 radical (unpaired) electrons. The number of pyridine rings is 1. The van der Waals surface area contributed by atoms with Crippen LogP contribution in [0.15, 0.2) is 17.2 Å². The van der Waals surface area contributed by atoms with Crippen molar-refractivity contribution < 1.29 is 13.2 Å². The van der Waals surface area contributed by atoms with Gasteiger partial charge in [-0.15, -0.1) is 0 Å². The summed E-state index contributed by atoms with van der Waals surface area (Å²) in [5.74, 6) is 0. The molecule has 0 aromatic carbocycles. The molecule has 5 heteroatoms. The second-order valence-electron chi connectivity index (χ2n) is 2.35. The van der Waals surface area contributed by atoms with E-state index < -0.39 is 5.51 Å². The lowest BCUT2D eigenvalue weighted by atomic mass is 10.2. The normalized spacial score (nSPS) is 11.7. The molecular formula is C8H7F3NS. The average Bonchev–Trinajstić information content (AvgIpc) is 2.01. The molecule has 0 fully saturated rings. The number of rotatable bonds is 2. The first-order chi connectivity index (χ1) is 6.01. The summed E-state index contributed by atoms with van der Waals surface area (Å²) in [6.07, 6.45) is 4.48. The van der Waals surface area contributed by atoms with Crippen LogP contribution in [0.5, 0.6) is 0 Å². The van der Waals surface area contributed by atoms with E-state index in [-0.39, 0.29) is 16.7 Å². The summed E-state index contributed by atoms with van der Waals surface area (Å²) in [6, 6.07) is 1.45. The zero-order valence-electron chi connectivity index (χ0n) is 6.85. The molecule has 0 aliphatic rings. The topological polar surface area (TPSA) is 12.9 Å². The zero-order chi connectivity index (χ0) is 9.90. The van der Waals surface area contributed by atoms with Crippen LogP contribution >= 0.6 is 11.8 Å². The van der Waals surface area contributed by atoms with Crippen LogP contribution in [0.25, 0.3) is 0 Å². The summed E-state index contributed by atoms with van der Waals surface area (Å²) in [5, 5.41) is 0. The summed E-state index contributed by atoms with van der Waals surface area (Å²) in [5.41, 5.74) is -3.48. The maximum Gasteiger partial charge on any atom is 0.446 e. The van der Waals surface area contributed by atoms with Crippen molar-refractivity contribution in [2.45, 2.75) is 23.7 Å². The smallest absolute Gasteiger partial charge is 0.253 e. The fraction of sp³-hybridized carbons (Fsp3) is 0.375. The third-order valence-electron chi connectivity index (χ3n) is 1.36. The third-order valence-corrected chi connectivity index (χ3v) is 2.02. The summed E-state index contributed by atoms with van der Waals surface area (Å²) in [6.45, 7) is 1.86. The predicted molar refractivity (Wildman–Crippen MR) is 44.4 cm³/mol. The lowest BCUT2D eigenvalue weighted by Crippen LogP contribution is -1.99. The van der Waals surface area contributed by atoms with Gasteiger partial charge in [0.1, 0.15) is 6.20 Å². The van der Waals surface area contributed by atoms with Crippen LogP contribution < -0.4 is 0 Å². The minimum absolute atomic E-state index is 0.0202. The van der Waals surface area contributed by atoms with E-state index in [9.17, 15) is 13.2 Å². The van der Waals surface area contributed by atoms with Crippen LogP contribution in [0, 0.1) is 6.20 Å². The van der Waals surface area contributed by atoms with E-state index in [0.717, 1.165) is 5.56 Å². The van der Waals surface area contributed by atoms with Gasteiger partial charge in [-0.2, -0.15) is 13.2 Å². The van der Waals surface area contributed by atoms with Crippen molar-refractivity contribution in [1.29, 1.82) is 0 Å². The van der Waals surface area contributed by atoms with Gasteiger partial charge in [0.15, 0.2) is 0 Å². The van der Waals surface area contributed by atoms with Gasteiger partial charge >= 0.3 is 5.51 Å². The highest BCUT2D eigenvalue weighted by Gasteiger charge is 2.29. The van der Waals surface area contributed by atoms with Gasteiger partial charge < -0.3 is 0 Å². The van der Waals surface area contributed by atoms with Gasteiger partial charge in [-0.1, -0.05) is 6.92 Å². The van der Waals surface area contributed by atoms with Crippen LogP contribution in [0.3, 0.4) is 0 Å². The Hall–Kier alpha value is -0.710. The van der Waals surface area contributed by atoms with Crippen molar-refractivity contribution in [1.82, 2.24) is 4.98 Å². The number of hydrogen-bond donors (Lipinski definition) is 0. The fourth-order valence-electron chi connectivity index (χ4n) is 0.787. The number of aryl methyl sites for hydroxylation is 1. The van der Waals surface area contributed by atoms with Gasteiger partial charge in [0.2, 0.25) is 0 Å². The largest absolute Gasteiger partial charge is 0.446 e. The van der Waals surface area contributed by atoms with Gasteiger partial charge in [0.05, 0.1) is 0 Å². The molecule has 0 unspecified atom stereocenters. The Morgan fingerprint density at radius 2 is 2.23 bits per heavy atom. The number of thioether (sulfide) groups is 1. The monoisotopic (exact) mass is 206 g/mol. The number of aromatic nitrogens is 1. The van der Waals surface area contributed by atoms with Gasteiger partial charge in [0, 0.05) is 11.1 Å². The van der Waals surface area contributed by atoms with E-state index in [1.165, 1.54) is 12.3 Å². The molecule has 0 spiro atoms. The molecule has 0 saturated carbocycles. The Labute approximate surface area is 78.4 Å². The van der Waals surface area contributed by atoms with Crippen LogP contribution in [-0.4, -0.2) is 10.5 Å². The first-order valence-corrected chi connectivity index (χ1v) is 4.45. The molecular weight excluding hydrogens is 199 g/mol. The molecule has 0 amide bonds. The van der Waals surface area contributed by atoms with Gasteiger partial charge in [0.25, 0.3) is 0 Å². The molecule has 13 heavy (non-hydrogen) atoms. The predicted octanol–water partition coefficient (Wildman–Crippen LogP) is 3.06. The van der Waals surface area contributed by atoms with Crippen LogP contribution in [0.4, 0.5) is 13.2 Å². The first-order valence-electron chi connectivity index (χ1n) is 3.63. The highest BCUT2D eigenvalue weighted by molar-refractivity contribution is 8.00. The molecule has 1 rings (SSSR count). The van der Waals surface area contributed by atoms with Crippen LogP contribution in [0.1, 0.15) is 12.5 Å². The van der Waals surface area contributed by atoms with Crippen molar-refractivity contribution in [2.75, 3.05) is 0 Å². The molecule has 1 nitrogen and oxygen atoms in total. The second kappa shape index (κ2) is 4.00. The molecule has 0 saturated heterocycles. The summed E-state index contributed by atoms with van der Waals surface area (Å²) < 4.78 is 35.7. The standard InChI is InChI=1S/C8H7F3NS/c1-2-6-3-7(5-12-4-6)13-8(9,10)11/h3-4H,2H2,1H3. The van der Waals surface area contributed by atoms with Gasteiger partial charge in [-0.3, -0.25) is 4.98 Å². The van der Waals surface area contributed by atoms with E-state index in [1.807, 2.05) is 6.92 Å².